The molecule has 1 aromatic carbocycles. The normalized spacial score (nSPS) is 12.3. The van der Waals surface area contributed by atoms with E-state index in [0.717, 1.165) is 32.7 Å². The van der Waals surface area contributed by atoms with E-state index in [2.05, 4.69) is 20.8 Å². The van der Waals surface area contributed by atoms with Crippen molar-refractivity contribution in [1.82, 2.24) is 19.7 Å². The number of benzene rings is 1. The van der Waals surface area contributed by atoms with Gasteiger partial charge < -0.3 is 5.32 Å². The molecule has 4 rings (SSSR count). The van der Waals surface area contributed by atoms with Crippen molar-refractivity contribution < 1.29 is 4.21 Å². The maximum atomic E-state index is 12.0. The molecule has 0 amide bonds. The predicted molar refractivity (Wildman–Crippen MR) is 112 cm³/mol. The van der Waals surface area contributed by atoms with Gasteiger partial charge in [0, 0.05) is 43.1 Å². The second kappa shape index (κ2) is 7.09. The molecule has 0 aliphatic carbocycles. The van der Waals surface area contributed by atoms with Gasteiger partial charge in [0.15, 0.2) is 0 Å². The summed E-state index contributed by atoms with van der Waals surface area (Å²) in [6.45, 7) is 0. The second-order valence-electron chi connectivity index (χ2n) is 6.02. The number of fused-ring (bicyclic) bond motifs is 1. The van der Waals surface area contributed by atoms with Crippen molar-refractivity contribution in [2.45, 2.75) is 0 Å². The molecule has 9 heteroatoms. The molecule has 0 aliphatic rings. The van der Waals surface area contributed by atoms with Crippen molar-refractivity contribution in [3.8, 4) is 11.1 Å². The van der Waals surface area contributed by atoms with Crippen LogP contribution in [0.1, 0.15) is 0 Å². The number of hydrogen-bond acceptors (Lipinski definition) is 6. The number of thiophene rings is 1. The second-order valence-corrected chi connectivity index (χ2v) is 8.33. The van der Waals surface area contributed by atoms with E-state index in [9.17, 15) is 4.21 Å². The average molecular weight is 399 g/mol. The fourth-order valence-electron chi connectivity index (χ4n) is 2.81. The summed E-state index contributed by atoms with van der Waals surface area (Å²) in [6, 6.07) is 7.92. The zero-order valence-corrected chi connectivity index (χ0v) is 16.7. The van der Waals surface area contributed by atoms with E-state index in [1.807, 2.05) is 50.8 Å². The third-order valence-electron chi connectivity index (χ3n) is 4.19. The number of nitrogens with zero attached hydrogens (tertiary/aromatic N) is 5. The highest BCUT2D eigenvalue weighted by molar-refractivity contribution is 7.85. The minimum atomic E-state index is -1.11. The molecule has 0 fully saturated rings. The van der Waals surface area contributed by atoms with E-state index in [4.69, 9.17) is 4.98 Å². The smallest absolute Gasteiger partial charge is 0.227 e. The van der Waals surface area contributed by atoms with Crippen LogP contribution in [-0.4, -0.2) is 37.3 Å². The fraction of sp³-hybridized carbons (Fsp3) is 0.167. The maximum absolute atomic E-state index is 12.0. The van der Waals surface area contributed by atoms with Gasteiger partial charge in [-0.3, -0.25) is 8.99 Å². The average Bonchev–Trinajstić information content (AvgIpc) is 3.26. The van der Waals surface area contributed by atoms with Crippen molar-refractivity contribution in [3.05, 3.63) is 48.2 Å². The Hall–Kier alpha value is -2.78. The lowest BCUT2D eigenvalue weighted by Gasteiger charge is -2.19. The van der Waals surface area contributed by atoms with Gasteiger partial charge in [-0.15, -0.1) is 11.3 Å². The molecule has 3 heterocycles. The molecule has 138 valence electrons. The van der Waals surface area contributed by atoms with Crippen LogP contribution in [0.2, 0.25) is 0 Å². The largest absolute Gasteiger partial charge is 0.321 e. The zero-order chi connectivity index (χ0) is 19.0. The molecule has 1 atom stereocenters. The van der Waals surface area contributed by atoms with E-state index >= 15 is 0 Å². The molecule has 0 spiro atoms. The molecule has 0 saturated carbocycles. The summed E-state index contributed by atoms with van der Waals surface area (Å²) in [5.41, 5.74) is 4.59. The quantitative estimate of drug-likeness (QED) is 0.556. The van der Waals surface area contributed by atoms with Crippen molar-refractivity contribution in [2.24, 2.45) is 7.05 Å². The van der Waals surface area contributed by atoms with Gasteiger partial charge in [0.05, 0.1) is 34.0 Å². The molecule has 27 heavy (non-hydrogen) atoms. The Kier molecular flexibility index (Phi) is 4.63. The number of hydrogen-bond donors (Lipinski definition) is 1. The fourth-order valence-corrected chi connectivity index (χ4v) is 4.11. The van der Waals surface area contributed by atoms with Crippen LogP contribution in [0.4, 0.5) is 17.3 Å². The van der Waals surface area contributed by atoms with Gasteiger partial charge in [0.2, 0.25) is 5.95 Å². The molecule has 4 aromatic rings. The Morgan fingerprint density at radius 3 is 2.78 bits per heavy atom. The van der Waals surface area contributed by atoms with E-state index in [-0.39, 0.29) is 0 Å². The first-order valence-electron chi connectivity index (χ1n) is 8.19. The molecule has 0 aliphatic heterocycles. The first kappa shape index (κ1) is 17.6. The number of rotatable bonds is 5. The number of aromatic nitrogens is 4. The molecular weight excluding hydrogens is 380 g/mol. The standard InChI is InChI=1S/C18H18N6OS2/c1-23-10-12(8-20-23)21-18-19-9-16-17(22-18)14(11-26-16)13-6-4-5-7-15(13)24(2)27(3)25/h4-11H,1-3H3,(H,19,21,22). The summed E-state index contributed by atoms with van der Waals surface area (Å²) in [5, 5.41) is 9.39. The van der Waals surface area contributed by atoms with E-state index < -0.39 is 11.0 Å². The Balaban J connectivity index is 1.79. The van der Waals surface area contributed by atoms with Crippen LogP contribution in [0.5, 0.6) is 0 Å². The van der Waals surface area contributed by atoms with Crippen molar-refractivity contribution in [2.75, 3.05) is 22.9 Å². The van der Waals surface area contributed by atoms with Crippen LogP contribution in [0.15, 0.2) is 48.2 Å². The van der Waals surface area contributed by atoms with E-state index in [1.54, 1.807) is 32.8 Å². The lowest BCUT2D eigenvalue weighted by Crippen LogP contribution is -2.19. The van der Waals surface area contributed by atoms with Gasteiger partial charge in [0.1, 0.15) is 11.0 Å². The first-order valence-corrected chi connectivity index (χ1v) is 10.6. The zero-order valence-electron chi connectivity index (χ0n) is 15.1. The molecule has 1 unspecified atom stereocenters. The van der Waals surface area contributed by atoms with Crippen LogP contribution in [0.3, 0.4) is 0 Å². The molecular formula is C18H18N6OS2. The number of aryl methyl sites for hydroxylation is 1. The summed E-state index contributed by atoms with van der Waals surface area (Å²) in [6.07, 6.45) is 7.08. The third kappa shape index (κ3) is 3.43. The minimum Gasteiger partial charge on any atom is -0.321 e. The summed E-state index contributed by atoms with van der Waals surface area (Å²) in [7, 11) is 2.57. The lowest BCUT2D eigenvalue weighted by molar-refractivity contribution is 0.685. The molecule has 7 nitrogen and oxygen atoms in total. The summed E-state index contributed by atoms with van der Waals surface area (Å²) >= 11 is 1.59. The summed E-state index contributed by atoms with van der Waals surface area (Å²) in [4.78, 5) is 9.11. The van der Waals surface area contributed by atoms with Crippen LogP contribution in [0.25, 0.3) is 21.3 Å². The van der Waals surface area contributed by atoms with E-state index in [0.29, 0.717) is 5.95 Å². The van der Waals surface area contributed by atoms with Crippen molar-refractivity contribution in [1.29, 1.82) is 0 Å². The first-order chi connectivity index (χ1) is 13.0. The predicted octanol–water partition coefficient (Wildman–Crippen LogP) is 3.57. The van der Waals surface area contributed by atoms with Crippen LogP contribution < -0.4 is 9.62 Å². The monoisotopic (exact) mass is 398 g/mol. The molecule has 0 radical (unpaired) electrons. The van der Waals surface area contributed by atoms with Gasteiger partial charge in [-0.25, -0.2) is 14.2 Å². The molecule has 0 saturated heterocycles. The Morgan fingerprint density at radius 1 is 1.22 bits per heavy atom. The number of nitrogens with one attached hydrogen (secondary N) is 1. The highest BCUT2D eigenvalue weighted by Gasteiger charge is 2.16. The van der Waals surface area contributed by atoms with E-state index in [1.165, 1.54) is 0 Å². The topological polar surface area (TPSA) is 75.9 Å². The lowest BCUT2D eigenvalue weighted by atomic mass is 10.1. The third-order valence-corrected chi connectivity index (χ3v) is 6.07. The SMILES string of the molecule is CN(c1ccccc1-c1csc2cnc(Nc3cnn(C)c3)nc12)S(C)=O. The van der Waals surface area contributed by atoms with Gasteiger partial charge in [-0.2, -0.15) is 5.10 Å². The molecule has 1 N–H and O–H groups in total. The highest BCUT2D eigenvalue weighted by Crippen LogP contribution is 2.38. The van der Waals surface area contributed by atoms with Gasteiger partial charge >= 0.3 is 0 Å². The van der Waals surface area contributed by atoms with Gasteiger partial charge in [-0.1, -0.05) is 18.2 Å². The van der Waals surface area contributed by atoms with Crippen LogP contribution >= 0.6 is 11.3 Å². The Morgan fingerprint density at radius 2 is 2.04 bits per heavy atom. The number of para-hydroxylation sites is 1. The summed E-state index contributed by atoms with van der Waals surface area (Å²) < 4.78 is 16.5. The maximum Gasteiger partial charge on any atom is 0.227 e. The Labute approximate surface area is 163 Å². The summed E-state index contributed by atoms with van der Waals surface area (Å²) in [5.74, 6) is 0.514. The molecule has 3 aromatic heterocycles. The van der Waals surface area contributed by atoms with Crippen LogP contribution in [-0.2, 0) is 18.0 Å². The number of anilines is 3. The van der Waals surface area contributed by atoms with Crippen molar-refractivity contribution >= 4 is 49.9 Å². The van der Waals surface area contributed by atoms with Gasteiger partial charge in [-0.05, 0) is 6.07 Å². The minimum absolute atomic E-state index is 0.514. The van der Waals surface area contributed by atoms with Gasteiger partial charge in [0.25, 0.3) is 0 Å². The Bertz CT molecular complexity index is 1140. The van der Waals surface area contributed by atoms with Crippen LogP contribution in [0, 0.1) is 0 Å². The highest BCUT2D eigenvalue weighted by atomic mass is 32.2. The van der Waals surface area contributed by atoms with Crippen molar-refractivity contribution in [3.63, 3.8) is 0 Å². The molecule has 0 bridgehead atoms.